The molecule has 2 N–H and O–H groups in total. The van der Waals surface area contributed by atoms with Crippen molar-refractivity contribution >= 4 is 23.1 Å². The normalized spacial score (nSPS) is 10.3. The summed E-state index contributed by atoms with van der Waals surface area (Å²) in [5.41, 5.74) is 6.58. The van der Waals surface area contributed by atoms with Crippen molar-refractivity contribution in [3.63, 3.8) is 0 Å². The highest BCUT2D eigenvalue weighted by molar-refractivity contribution is 6.31. The zero-order valence-electron chi connectivity index (χ0n) is 8.44. The van der Waals surface area contributed by atoms with Gasteiger partial charge in [0.2, 0.25) is 0 Å². The van der Waals surface area contributed by atoms with Gasteiger partial charge in [-0.25, -0.2) is 0 Å². The molecule has 82 valence electrons. The molecule has 0 spiro atoms. The smallest absolute Gasteiger partial charge is 0.172 e. The van der Waals surface area contributed by atoms with Crippen LogP contribution in [-0.2, 0) is 6.42 Å². The number of halogens is 1. The molecule has 16 heavy (non-hydrogen) atoms. The summed E-state index contributed by atoms with van der Waals surface area (Å²) in [6.07, 6.45) is 1.74. The average Bonchev–Trinajstić information content (AvgIpc) is 2.70. The van der Waals surface area contributed by atoms with Crippen molar-refractivity contribution in [2.24, 2.45) is 0 Å². The van der Waals surface area contributed by atoms with Crippen LogP contribution < -0.4 is 5.73 Å². The SMILES string of the molecule is Nc1cc(Cl)ccc1C(=O)Cc1ccco1. The van der Waals surface area contributed by atoms with Gasteiger partial charge in [0, 0.05) is 16.3 Å². The van der Waals surface area contributed by atoms with E-state index in [0.717, 1.165) is 0 Å². The maximum atomic E-state index is 11.9. The third-order valence-electron chi connectivity index (χ3n) is 2.23. The van der Waals surface area contributed by atoms with Gasteiger partial charge >= 0.3 is 0 Å². The number of hydrogen-bond donors (Lipinski definition) is 1. The molecule has 1 aromatic carbocycles. The van der Waals surface area contributed by atoms with Crippen molar-refractivity contribution in [3.8, 4) is 0 Å². The Morgan fingerprint density at radius 1 is 1.38 bits per heavy atom. The first-order chi connectivity index (χ1) is 7.66. The van der Waals surface area contributed by atoms with E-state index in [1.807, 2.05) is 0 Å². The van der Waals surface area contributed by atoms with Gasteiger partial charge in [-0.05, 0) is 30.3 Å². The summed E-state index contributed by atoms with van der Waals surface area (Å²) < 4.78 is 5.10. The molecule has 1 heterocycles. The molecule has 1 aromatic heterocycles. The van der Waals surface area contributed by atoms with E-state index in [4.69, 9.17) is 21.8 Å². The van der Waals surface area contributed by atoms with Crippen molar-refractivity contribution < 1.29 is 9.21 Å². The number of anilines is 1. The van der Waals surface area contributed by atoms with Crippen LogP contribution in [0.2, 0.25) is 5.02 Å². The summed E-state index contributed by atoms with van der Waals surface area (Å²) in [6.45, 7) is 0. The lowest BCUT2D eigenvalue weighted by atomic mass is 10.1. The molecule has 0 radical (unpaired) electrons. The number of furan rings is 1. The maximum absolute atomic E-state index is 11.9. The van der Waals surface area contributed by atoms with Crippen molar-refractivity contribution in [1.29, 1.82) is 0 Å². The van der Waals surface area contributed by atoms with E-state index >= 15 is 0 Å². The highest BCUT2D eigenvalue weighted by Gasteiger charge is 2.12. The van der Waals surface area contributed by atoms with E-state index in [1.165, 1.54) is 6.26 Å². The zero-order valence-corrected chi connectivity index (χ0v) is 9.20. The van der Waals surface area contributed by atoms with Gasteiger partial charge in [-0.1, -0.05) is 11.6 Å². The first-order valence-corrected chi connectivity index (χ1v) is 5.15. The van der Waals surface area contributed by atoms with E-state index in [9.17, 15) is 4.79 Å². The highest BCUT2D eigenvalue weighted by atomic mass is 35.5. The quantitative estimate of drug-likeness (QED) is 0.657. The fraction of sp³-hybridized carbons (Fsp3) is 0.0833. The van der Waals surface area contributed by atoms with Crippen LogP contribution in [0.25, 0.3) is 0 Å². The molecule has 0 aliphatic carbocycles. The summed E-state index contributed by atoms with van der Waals surface area (Å²) >= 11 is 5.75. The maximum Gasteiger partial charge on any atom is 0.172 e. The fourth-order valence-corrected chi connectivity index (χ4v) is 1.63. The van der Waals surface area contributed by atoms with Crippen LogP contribution in [-0.4, -0.2) is 5.78 Å². The lowest BCUT2D eigenvalue weighted by molar-refractivity contribution is 0.0988. The second-order valence-corrected chi connectivity index (χ2v) is 3.85. The molecule has 0 atom stereocenters. The van der Waals surface area contributed by atoms with E-state index in [-0.39, 0.29) is 12.2 Å². The molecule has 0 amide bonds. The Balaban J connectivity index is 2.21. The summed E-state index contributed by atoms with van der Waals surface area (Å²) in [4.78, 5) is 11.9. The summed E-state index contributed by atoms with van der Waals surface area (Å²) in [7, 11) is 0. The lowest BCUT2D eigenvalue weighted by Gasteiger charge is -2.03. The topological polar surface area (TPSA) is 56.2 Å². The third-order valence-corrected chi connectivity index (χ3v) is 2.46. The van der Waals surface area contributed by atoms with E-state index in [1.54, 1.807) is 30.3 Å². The molecule has 0 fully saturated rings. The molecule has 2 aromatic rings. The van der Waals surface area contributed by atoms with Crippen LogP contribution in [0.3, 0.4) is 0 Å². The van der Waals surface area contributed by atoms with E-state index in [2.05, 4.69) is 0 Å². The molecule has 3 nitrogen and oxygen atoms in total. The van der Waals surface area contributed by atoms with E-state index < -0.39 is 0 Å². The van der Waals surface area contributed by atoms with Crippen molar-refractivity contribution in [2.75, 3.05) is 5.73 Å². The number of nitrogen functional groups attached to an aromatic ring is 1. The minimum absolute atomic E-state index is 0.0795. The molecule has 0 bridgehead atoms. The second-order valence-electron chi connectivity index (χ2n) is 3.41. The predicted octanol–water partition coefficient (Wildman–Crippen LogP) is 2.94. The lowest BCUT2D eigenvalue weighted by Crippen LogP contribution is -2.06. The Hall–Kier alpha value is -1.74. The van der Waals surface area contributed by atoms with Gasteiger partial charge in [0.25, 0.3) is 0 Å². The molecule has 2 rings (SSSR count). The van der Waals surface area contributed by atoms with Crippen molar-refractivity contribution in [1.82, 2.24) is 0 Å². The first-order valence-electron chi connectivity index (χ1n) is 4.77. The standard InChI is InChI=1S/C12H10ClNO2/c13-8-3-4-10(11(14)6-8)12(15)7-9-2-1-5-16-9/h1-6H,7,14H2. The van der Waals surface area contributed by atoms with Gasteiger partial charge in [-0.15, -0.1) is 0 Å². The van der Waals surface area contributed by atoms with Gasteiger partial charge in [-0.3, -0.25) is 4.79 Å². The predicted molar refractivity (Wildman–Crippen MR) is 62.6 cm³/mol. The molecule has 0 aliphatic heterocycles. The number of carbonyl (C=O) groups is 1. The molecule has 0 aliphatic rings. The van der Waals surface area contributed by atoms with Crippen LogP contribution in [0.5, 0.6) is 0 Å². The molecule has 0 unspecified atom stereocenters. The van der Waals surface area contributed by atoms with Gasteiger partial charge < -0.3 is 10.2 Å². The molecule has 0 saturated carbocycles. The second kappa shape index (κ2) is 4.41. The molecule has 4 heteroatoms. The summed E-state index contributed by atoms with van der Waals surface area (Å²) in [6, 6.07) is 8.34. The highest BCUT2D eigenvalue weighted by Crippen LogP contribution is 2.19. The number of hydrogen-bond acceptors (Lipinski definition) is 3. The van der Waals surface area contributed by atoms with Crippen molar-refractivity contribution in [2.45, 2.75) is 6.42 Å². The van der Waals surface area contributed by atoms with Gasteiger partial charge in [0.05, 0.1) is 12.7 Å². The summed E-state index contributed by atoms with van der Waals surface area (Å²) in [5.74, 6) is 0.545. The Morgan fingerprint density at radius 3 is 2.81 bits per heavy atom. The van der Waals surface area contributed by atoms with Crippen LogP contribution in [0.1, 0.15) is 16.1 Å². The Morgan fingerprint density at radius 2 is 2.19 bits per heavy atom. The average molecular weight is 236 g/mol. The minimum Gasteiger partial charge on any atom is -0.469 e. The van der Waals surface area contributed by atoms with Crippen LogP contribution in [0.15, 0.2) is 41.0 Å². The Labute approximate surface area is 97.8 Å². The number of nitrogens with two attached hydrogens (primary N) is 1. The Kier molecular flexibility index (Phi) is 2.97. The number of carbonyl (C=O) groups excluding carboxylic acids is 1. The van der Waals surface area contributed by atoms with Crippen LogP contribution in [0.4, 0.5) is 5.69 Å². The minimum atomic E-state index is -0.0795. The molecular weight excluding hydrogens is 226 g/mol. The van der Waals surface area contributed by atoms with Gasteiger partial charge in [0.1, 0.15) is 5.76 Å². The third kappa shape index (κ3) is 2.25. The van der Waals surface area contributed by atoms with Gasteiger partial charge in [-0.2, -0.15) is 0 Å². The number of benzene rings is 1. The fourth-order valence-electron chi connectivity index (χ4n) is 1.45. The number of Topliss-reactive ketones (excluding diaryl/α,β-unsaturated/α-hetero) is 1. The van der Waals surface area contributed by atoms with Crippen LogP contribution in [0, 0.1) is 0 Å². The summed E-state index contributed by atoms with van der Waals surface area (Å²) in [5, 5.41) is 0.520. The Bertz CT molecular complexity index is 506. The van der Waals surface area contributed by atoms with Crippen LogP contribution >= 0.6 is 11.6 Å². The molecule has 0 saturated heterocycles. The van der Waals surface area contributed by atoms with Crippen molar-refractivity contribution in [3.05, 3.63) is 52.9 Å². The van der Waals surface area contributed by atoms with Gasteiger partial charge in [0.15, 0.2) is 5.78 Å². The zero-order chi connectivity index (χ0) is 11.5. The van der Waals surface area contributed by atoms with E-state index in [0.29, 0.717) is 22.0 Å². The molecular formula is C12H10ClNO2. The monoisotopic (exact) mass is 235 g/mol. The largest absolute Gasteiger partial charge is 0.469 e. The number of rotatable bonds is 3. The number of ketones is 1. The first kappa shape index (κ1) is 10.8.